The van der Waals surface area contributed by atoms with Crippen molar-refractivity contribution in [1.82, 2.24) is 0 Å². The fraction of sp³-hybridized carbons (Fsp3) is 0.455. The van der Waals surface area contributed by atoms with Crippen molar-refractivity contribution in [2.75, 3.05) is 0 Å². The second kappa shape index (κ2) is 7.49. The quantitative estimate of drug-likeness (QED) is 0.424. The molecule has 1 aliphatic rings. The van der Waals surface area contributed by atoms with E-state index in [1.807, 2.05) is 0 Å². The van der Waals surface area contributed by atoms with Crippen LogP contribution in [0.5, 0.6) is 0 Å². The first-order valence-electron chi connectivity index (χ1n) is 8.52. The van der Waals surface area contributed by atoms with Gasteiger partial charge in [0, 0.05) is 0 Å². The van der Waals surface area contributed by atoms with Gasteiger partial charge in [0.15, 0.2) is 0 Å². The molecule has 0 spiro atoms. The molecule has 2 aromatic rings. The summed E-state index contributed by atoms with van der Waals surface area (Å²) in [4.78, 5) is 0. The Morgan fingerprint density at radius 1 is 0.880 bits per heavy atom. The van der Waals surface area contributed by atoms with Gasteiger partial charge in [-0.05, 0) is 0 Å². The van der Waals surface area contributed by atoms with Crippen molar-refractivity contribution in [3.63, 3.8) is 0 Å². The average molecular weight is 454 g/mol. The van der Waals surface area contributed by atoms with Crippen LogP contribution in [0, 0.1) is 6.92 Å². The van der Waals surface area contributed by atoms with Crippen molar-refractivity contribution in [2.24, 2.45) is 0 Å². The molecule has 0 fully saturated rings. The Morgan fingerprint density at radius 2 is 1.48 bits per heavy atom. The largest absolute Gasteiger partial charge is 1.00 e. The van der Waals surface area contributed by atoms with E-state index in [1.165, 1.54) is 33.4 Å². The van der Waals surface area contributed by atoms with E-state index < -0.39 is 0 Å². The molecule has 0 N–H and O–H groups in total. The minimum atomic E-state index is 0. The molecule has 0 nitrogen and oxygen atoms in total. The van der Waals surface area contributed by atoms with Gasteiger partial charge in [-0.1, -0.05) is 0 Å². The summed E-state index contributed by atoms with van der Waals surface area (Å²) in [5.74, 6) is 0. The molecule has 0 aromatic heterocycles. The van der Waals surface area contributed by atoms with Gasteiger partial charge in [0.2, 0.25) is 0 Å². The molecule has 3 rings (SSSR count). The zero-order chi connectivity index (χ0) is 17.2. The first-order valence-corrected chi connectivity index (χ1v) is 9.75. The molecular weight excluding hydrogens is 426 g/mol. The first kappa shape index (κ1) is 22.9. The predicted octanol–water partition coefficient (Wildman–Crippen LogP) is -0.659. The van der Waals surface area contributed by atoms with E-state index in [4.69, 9.17) is 0 Å². The summed E-state index contributed by atoms with van der Waals surface area (Å²) >= 11 is 1.54. The van der Waals surface area contributed by atoms with E-state index in [1.54, 1.807) is 33.6 Å². The van der Waals surface area contributed by atoms with Gasteiger partial charge < -0.3 is 24.8 Å². The van der Waals surface area contributed by atoms with Crippen molar-refractivity contribution < 1.29 is 49.5 Å². The molecule has 0 unspecified atom stereocenters. The van der Waals surface area contributed by atoms with Crippen LogP contribution in [0.3, 0.4) is 0 Å². The molecule has 0 atom stereocenters. The Balaban J connectivity index is 0.00000156. The van der Waals surface area contributed by atoms with Gasteiger partial charge in [-0.3, -0.25) is 0 Å². The number of fused-ring (bicyclic) bond motifs is 3. The summed E-state index contributed by atoms with van der Waals surface area (Å²) in [6.07, 6.45) is 1.11. The van der Waals surface area contributed by atoms with Crippen LogP contribution < -0.4 is 28.1 Å². The molecule has 0 aliphatic heterocycles. The van der Waals surface area contributed by atoms with Crippen molar-refractivity contribution in [3.8, 4) is 11.1 Å². The Labute approximate surface area is 180 Å². The third-order valence-corrected chi connectivity index (χ3v) is 6.45. The number of halogens is 2. The molecule has 0 saturated carbocycles. The van der Waals surface area contributed by atoms with E-state index >= 15 is 0 Å². The van der Waals surface area contributed by atoms with Crippen molar-refractivity contribution in [1.29, 1.82) is 0 Å². The average Bonchev–Trinajstić information content (AvgIpc) is 2.79. The van der Waals surface area contributed by atoms with E-state index in [0.717, 1.165) is 6.42 Å². The van der Waals surface area contributed by atoms with Crippen LogP contribution in [0.1, 0.15) is 69.4 Å². The summed E-state index contributed by atoms with van der Waals surface area (Å²) in [5.41, 5.74) is 11.0. The van der Waals surface area contributed by atoms with Crippen LogP contribution >= 0.6 is 0 Å². The maximum absolute atomic E-state index is 2.45. The molecule has 0 bridgehead atoms. The van der Waals surface area contributed by atoms with Gasteiger partial charge in [-0.2, -0.15) is 0 Å². The zero-order valence-electron chi connectivity index (χ0n) is 16.3. The molecule has 0 saturated heterocycles. The van der Waals surface area contributed by atoms with Crippen LogP contribution in [-0.4, -0.2) is 0 Å². The summed E-state index contributed by atoms with van der Waals surface area (Å²) in [5, 5.41) is 0. The fourth-order valence-corrected chi connectivity index (χ4v) is 5.29. The Morgan fingerprint density at radius 3 is 2.00 bits per heavy atom. The van der Waals surface area contributed by atoms with E-state index in [9.17, 15) is 0 Å². The smallest absolute Gasteiger partial charge is 1.00 e. The number of benzene rings is 2. The summed E-state index contributed by atoms with van der Waals surface area (Å²) < 4.78 is 1.58. The summed E-state index contributed by atoms with van der Waals surface area (Å²) in [6, 6.07) is 9.57. The molecule has 0 amide bonds. The zero-order valence-corrected chi connectivity index (χ0v) is 20.2. The second-order valence-corrected chi connectivity index (χ2v) is 10.2. The van der Waals surface area contributed by atoms with Crippen LogP contribution in [0.25, 0.3) is 11.1 Å². The monoisotopic (exact) mass is 451 g/mol. The first-order chi connectivity index (χ1) is 10.5. The number of rotatable bonds is 0. The van der Waals surface area contributed by atoms with Crippen molar-refractivity contribution >= 4 is 3.27 Å². The minimum absolute atomic E-state index is 0. The Kier molecular flexibility index (Phi) is 6.88. The predicted molar refractivity (Wildman–Crippen MR) is 96.5 cm³/mol. The SMILES string of the molecule is Cc1cc(C(C)(C)C)[c]([Zr+2])c2c1-c1ccc(C(C)(C)C)cc1C2.[Cl-].[Cl-]. The standard InChI is InChI=1S/C22H27.2ClH.Zr/c1-14-10-18(22(5,6)7)13-16-11-15-12-17(21(2,3)4)8-9-19(15)20(14)16;;;/h8-10,12H,11H2,1-7H3;2*1H;/q;;;+2/p-2. The molecule has 3 heteroatoms. The van der Waals surface area contributed by atoms with Gasteiger partial charge in [0.25, 0.3) is 0 Å². The van der Waals surface area contributed by atoms with E-state index in [2.05, 4.69) is 72.7 Å². The minimum Gasteiger partial charge on any atom is -1.00 e. The van der Waals surface area contributed by atoms with Crippen LogP contribution in [-0.2, 0) is 42.0 Å². The molecular formula is C22H27Cl2Zr. The third kappa shape index (κ3) is 4.10. The molecule has 0 radical (unpaired) electrons. The molecule has 1 aliphatic carbocycles. The summed E-state index contributed by atoms with van der Waals surface area (Å²) in [7, 11) is 0. The fourth-order valence-electron chi connectivity index (χ4n) is 3.67. The van der Waals surface area contributed by atoms with Gasteiger partial charge >= 0.3 is 157 Å². The summed E-state index contributed by atoms with van der Waals surface area (Å²) in [6.45, 7) is 16.2. The maximum Gasteiger partial charge on any atom is -1.00 e. The normalized spacial score (nSPS) is 12.8. The van der Waals surface area contributed by atoms with Crippen LogP contribution in [0.4, 0.5) is 0 Å². The number of aryl methyl sites for hydroxylation is 1. The van der Waals surface area contributed by atoms with Gasteiger partial charge in [0.05, 0.1) is 0 Å². The Bertz CT molecular complexity index is 793. The maximum atomic E-state index is 2.45. The molecule has 0 heterocycles. The van der Waals surface area contributed by atoms with E-state index in [-0.39, 0.29) is 35.6 Å². The number of hydrogen-bond acceptors (Lipinski definition) is 0. The molecule has 2 aromatic carbocycles. The molecule has 25 heavy (non-hydrogen) atoms. The molecule has 133 valence electrons. The second-order valence-electron chi connectivity index (χ2n) is 9.02. The number of hydrogen-bond donors (Lipinski definition) is 0. The Hall–Kier alpha value is -0.0969. The van der Waals surface area contributed by atoms with Crippen molar-refractivity contribution in [3.05, 3.63) is 52.1 Å². The van der Waals surface area contributed by atoms with E-state index in [0.29, 0.717) is 0 Å². The van der Waals surface area contributed by atoms with Gasteiger partial charge in [-0.15, -0.1) is 0 Å². The van der Waals surface area contributed by atoms with Crippen molar-refractivity contribution in [2.45, 2.75) is 65.7 Å². The van der Waals surface area contributed by atoms with Crippen LogP contribution in [0.2, 0.25) is 0 Å². The topological polar surface area (TPSA) is 0 Å². The third-order valence-electron chi connectivity index (χ3n) is 5.04. The van der Waals surface area contributed by atoms with Crippen LogP contribution in [0.15, 0.2) is 24.3 Å². The van der Waals surface area contributed by atoms with Gasteiger partial charge in [0.1, 0.15) is 0 Å². The van der Waals surface area contributed by atoms with Gasteiger partial charge in [-0.25, -0.2) is 0 Å².